The molecule has 6 heteroatoms. The number of benzene rings is 2. The molecule has 1 heterocycles. The number of rotatable bonds is 9. The number of carbonyl (C=O) groups excluding carboxylic acids is 1. The summed E-state index contributed by atoms with van der Waals surface area (Å²) in [6, 6.07) is 19.1. The summed E-state index contributed by atoms with van der Waals surface area (Å²) in [5, 5.41) is 6.22. The minimum Gasteiger partial charge on any atom is -0.496 e. The molecule has 2 N–H and O–H groups in total. The van der Waals surface area contributed by atoms with Crippen molar-refractivity contribution in [3.63, 3.8) is 0 Å². The maximum atomic E-state index is 12.5. The Labute approximate surface area is 170 Å². The number of aromatic nitrogens is 1. The van der Waals surface area contributed by atoms with Gasteiger partial charge in [0, 0.05) is 30.5 Å². The molecular formula is C23H25N3O3. The summed E-state index contributed by atoms with van der Waals surface area (Å²) >= 11 is 0. The van der Waals surface area contributed by atoms with Crippen LogP contribution in [-0.4, -0.2) is 31.7 Å². The van der Waals surface area contributed by atoms with Crippen LogP contribution in [0.2, 0.25) is 0 Å². The first-order valence-corrected chi connectivity index (χ1v) is 9.43. The van der Waals surface area contributed by atoms with Gasteiger partial charge in [-0.05, 0) is 36.2 Å². The molecule has 150 valence electrons. The van der Waals surface area contributed by atoms with E-state index in [9.17, 15) is 4.79 Å². The van der Waals surface area contributed by atoms with E-state index in [1.165, 1.54) is 0 Å². The molecule has 3 aromatic rings. The lowest BCUT2D eigenvalue weighted by Crippen LogP contribution is -2.24. The highest BCUT2D eigenvalue weighted by molar-refractivity contribution is 5.93. The SMILES string of the molecule is COc1ccccc1CCNc1ccnc(C(=O)NCc2ccccc2OC)c1. The molecule has 0 saturated carbocycles. The molecule has 0 spiro atoms. The Morgan fingerprint density at radius 3 is 2.31 bits per heavy atom. The average Bonchev–Trinajstić information content (AvgIpc) is 2.78. The van der Waals surface area contributed by atoms with Crippen LogP contribution < -0.4 is 20.1 Å². The Balaban J connectivity index is 1.56. The summed E-state index contributed by atoms with van der Waals surface area (Å²) in [5.74, 6) is 1.39. The van der Waals surface area contributed by atoms with Crippen LogP contribution in [0.4, 0.5) is 5.69 Å². The van der Waals surface area contributed by atoms with Gasteiger partial charge in [-0.15, -0.1) is 0 Å². The van der Waals surface area contributed by atoms with E-state index in [4.69, 9.17) is 9.47 Å². The first kappa shape index (κ1) is 20.2. The lowest BCUT2D eigenvalue weighted by atomic mass is 10.1. The van der Waals surface area contributed by atoms with Gasteiger partial charge >= 0.3 is 0 Å². The molecule has 2 aromatic carbocycles. The minimum absolute atomic E-state index is 0.232. The molecule has 0 radical (unpaired) electrons. The maximum Gasteiger partial charge on any atom is 0.270 e. The molecule has 1 aromatic heterocycles. The number of methoxy groups -OCH3 is 2. The predicted molar refractivity (Wildman–Crippen MR) is 114 cm³/mol. The molecule has 0 aliphatic carbocycles. The lowest BCUT2D eigenvalue weighted by molar-refractivity contribution is 0.0945. The smallest absolute Gasteiger partial charge is 0.270 e. The van der Waals surface area contributed by atoms with E-state index >= 15 is 0 Å². The van der Waals surface area contributed by atoms with Crippen LogP contribution in [0.25, 0.3) is 0 Å². The average molecular weight is 391 g/mol. The first-order valence-electron chi connectivity index (χ1n) is 9.43. The number of anilines is 1. The first-order chi connectivity index (χ1) is 14.2. The van der Waals surface area contributed by atoms with E-state index in [2.05, 4.69) is 15.6 Å². The van der Waals surface area contributed by atoms with Gasteiger partial charge < -0.3 is 20.1 Å². The Bertz CT molecular complexity index is 959. The summed E-state index contributed by atoms with van der Waals surface area (Å²) in [6.07, 6.45) is 2.44. The largest absolute Gasteiger partial charge is 0.496 e. The fourth-order valence-corrected chi connectivity index (χ4v) is 3.03. The Kier molecular flexibility index (Phi) is 7.05. The molecule has 0 atom stereocenters. The van der Waals surface area contributed by atoms with Crippen molar-refractivity contribution in [1.82, 2.24) is 10.3 Å². The van der Waals surface area contributed by atoms with Crippen molar-refractivity contribution >= 4 is 11.6 Å². The van der Waals surface area contributed by atoms with Crippen molar-refractivity contribution in [2.45, 2.75) is 13.0 Å². The highest BCUT2D eigenvalue weighted by atomic mass is 16.5. The number of nitrogens with zero attached hydrogens (tertiary/aromatic N) is 1. The summed E-state index contributed by atoms with van der Waals surface area (Å²) < 4.78 is 10.7. The zero-order valence-corrected chi connectivity index (χ0v) is 16.6. The quantitative estimate of drug-likeness (QED) is 0.582. The van der Waals surface area contributed by atoms with E-state index < -0.39 is 0 Å². The third-order valence-electron chi connectivity index (χ3n) is 4.54. The van der Waals surface area contributed by atoms with Gasteiger partial charge in [-0.3, -0.25) is 9.78 Å². The number of amides is 1. The monoisotopic (exact) mass is 391 g/mol. The molecule has 6 nitrogen and oxygen atoms in total. The zero-order chi connectivity index (χ0) is 20.5. The molecule has 0 aliphatic heterocycles. The summed E-state index contributed by atoms with van der Waals surface area (Å²) in [4.78, 5) is 16.7. The second-order valence-corrected chi connectivity index (χ2v) is 6.41. The van der Waals surface area contributed by atoms with Gasteiger partial charge in [0.25, 0.3) is 5.91 Å². The van der Waals surface area contributed by atoms with Crippen LogP contribution in [0, 0.1) is 0 Å². The Morgan fingerprint density at radius 2 is 1.59 bits per heavy atom. The number of nitrogens with one attached hydrogen (secondary N) is 2. The van der Waals surface area contributed by atoms with Crippen LogP contribution in [0.1, 0.15) is 21.6 Å². The van der Waals surface area contributed by atoms with Crippen molar-refractivity contribution in [3.8, 4) is 11.5 Å². The van der Waals surface area contributed by atoms with Crippen LogP contribution >= 0.6 is 0 Å². The summed E-state index contributed by atoms with van der Waals surface area (Å²) in [7, 11) is 3.29. The highest BCUT2D eigenvalue weighted by Crippen LogP contribution is 2.19. The molecule has 0 fully saturated rings. The lowest BCUT2D eigenvalue weighted by Gasteiger charge is -2.11. The van der Waals surface area contributed by atoms with Crippen molar-refractivity contribution in [2.75, 3.05) is 26.1 Å². The Hall–Kier alpha value is -3.54. The van der Waals surface area contributed by atoms with Gasteiger partial charge in [0.2, 0.25) is 0 Å². The molecular weight excluding hydrogens is 366 g/mol. The third kappa shape index (κ3) is 5.48. The third-order valence-corrected chi connectivity index (χ3v) is 4.54. The van der Waals surface area contributed by atoms with Gasteiger partial charge in [-0.25, -0.2) is 0 Å². The van der Waals surface area contributed by atoms with Crippen LogP contribution in [0.15, 0.2) is 66.9 Å². The summed E-state index contributed by atoms with van der Waals surface area (Å²) in [6.45, 7) is 1.09. The minimum atomic E-state index is -0.232. The molecule has 0 bridgehead atoms. The molecule has 1 amide bonds. The van der Waals surface area contributed by atoms with Crippen molar-refractivity contribution in [3.05, 3.63) is 83.7 Å². The second kappa shape index (κ2) is 10.1. The topological polar surface area (TPSA) is 72.5 Å². The number of hydrogen-bond donors (Lipinski definition) is 2. The van der Waals surface area contributed by atoms with Gasteiger partial charge in [0.15, 0.2) is 0 Å². The molecule has 0 unspecified atom stereocenters. The van der Waals surface area contributed by atoms with E-state index in [0.29, 0.717) is 18.8 Å². The van der Waals surface area contributed by atoms with Crippen LogP contribution in [0.5, 0.6) is 11.5 Å². The number of hydrogen-bond acceptors (Lipinski definition) is 5. The van der Waals surface area contributed by atoms with E-state index in [1.807, 2.05) is 54.6 Å². The van der Waals surface area contributed by atoms with Gasteiger partial charge in [-0.1, -0.05) is 36.4 Å². The molecule has 3 rings (SSSR count). The molecule has 0 aliphatic rings. The van der Waals surface area contributed by atoms with Crippen LogP contribution in [-0.2, 0) is 13.0 Å². The van der Waals surface area contributed by atoms with E-state index in [1.54, 1.807) is 26.5 Å². The normalized spacial score (nSPS) is 10.3. The fraction of sp³-hybridized carbons (Fsp3) is 0.217. The maximum absolute atomic E-state index is 12.5. The highest BCUT2D eigenvalue weighted by Gasteiger charge is 2.10. The number of carbonyl (C=O) groups is 1. The number of ether oxygens (including phenoxy) is 2. The number of pyridine rings is 1. The van der Waals surface area contributed by atoms with Crippen molar-refractivity contribution < 1.29 is 14.3 Å². The second-order valence-electron chi connectivity index (χ2n) is 6.41. The van der Waals surface area contributed by atoms with Crippen LogP contribution in [0.3, 0.4) is 0 Å². The molecule has 29 heavy (non-hydrogen) atoms. The standard InChI is InChI=1S/C23H25N3O3/c1-28-21-9-5-3-7-17(21)11-13-24-19-12-14-25-20(15-19)23(27)26-16-18-8-4-6-10-22(18)29-2/h3-10,12,14-15H,11,13,16H2,1-2H3,(H,24,25)(H,26,27). The van der Waals surface area contributed by atoms with E-state index in [-0.39, 0.29) is 5.91 Å². The summed E-state index contributed by atoms with van der Waals surface area (Å²) in [5.41, 5.74) is 3.25. The van der Waals surface area contributed by atoms with Crippen molar-refractivity contribution in [1.29, 1.82) is 0 Å². The Morgan fingerprint density at radius 1 is 0.931 bits per heavy atom. The zero-order valence-electron chi connectivity index (χ0n) is 16.6. The molecule has 0 saturated heterocycles. The van der Waals surface area contributed by atoms with Gasteiger partial charge in [0.05, 0.1) is 14.2 Å². The number of para-hydroxylation sites is 2. The van der Waals surface area contributed by atoms with Crippen molar-refractivity contribution in [2.24, 2.45) is 0 Å². The fourth-order valence-electron chi connectivity index (χ4n) is 3.03. The van der Waals surface area contributed by atoms with Gasteiger partial charge in [0.1, 0.15) is 17.2 Å². The predicted octanol–water partition coefficient (Wildman–Crippen LogP) is 3.68. The van der Waals surface area contributed by atoms with Gasteiger partial charge in [-0.2, -0.15) is 0 Å². The van der Waals surface area contributed by atoms with E-state index in [0.717, 1.165) is 34.7 Å².